The lowest BCUT2D eigenvalue weighted by molar-refractivity contribution is 0.0284. The van der Waals surface area contributed by atoms with Crippen LogP contribution in [0.2, 0.25) is 0 Å². The van der Waals surface area contributed by atoms with Gasteiger partial charge in [0.2, 0.25) is 0 Å². The van der Waals surface area contributed by atoms with Crippen LogP contribution in [-0.4, -0.2) is 44.4 Å². The molecule has 3 aromatic rings. The van der Waals surface area contributed by atoms with Crippen LogP contribution in [0.15, 0.2) is 42.6 Å². The number of hydrogen-bond acceptors (Lipinski definition) is 6. The number of halogens is 1. The summed E-state index contributed by atoms with van der Waals surface area (Å²) in [5.74, 6) is 0.369. The second-order valence-corrected chi connectivity index (χ2v) is 10.3. The van der Waals surface area contributed by atoms with Crippen LogP contribution in [0.5, 0.6) is 5.75 Å². The lowest BCUT2D eigenvalue weighted by Gasteiger charge is -2.26. The number of amides is 1. The van der Waals surface area contributed by atoms with Gasteiger partial charge in [-0.05, 0) is 63.4 Å². The highest BCUT2D eigenvalue weighted by atomic mass is 19.1. The molecule has 35 heavy (non-hydrogen) atoms. The van der Waals surface area contributed by atoms with Gasteiger partial charge in [0.1, 0.15) is 18.0 Å². The minimum Gasteiger partial charge on any atom is -0.485 e. The molecule has 2 N–H and O–H groups in total. The molecule has 1 amide bonds. The first-order valence-electron chi connectivity index (χ1n) is 11.8. The number of carbonyl (C=O) groups excluding carboxylic acids is 1. The fourth-order valence-corrected chi connectivity index (χ4v) is 4.87. The van der Waals surface area contributed by atoms with E-state index in [-0.39, 0.29) is 29.8 Å². The molecule has 2 aromatic heterocycles. The number of aryl methyl sites for hydroxylation is 1. The van der Waals surface area contributed by atoms with Crippen molar-refractivity contribution < 1.29 is 18.7 Å². The number of nitrogen functional groups attached to an aromatic ring is 1. The summed E-state index contributed by atoms with van der Waals surface area (Å²) in [7, 11) is 0. The molecule has 8 nitrogen and oxygen atoms in total. The summed E-state index contributed by atoms with van der Waals surface area (Å²) in [6.45, 7) is 7.89. The third kappa shape index (κ3) is 4.67. The summed E-state index contributed by atoms with van der Waals surface area (Å²) >= 11 is 0. The zero-order chi connectivity index (χ0) is 24.8. The number of benzene rings is 1. The molecule has 0 bridgehead atoms. The van der Waals surface area contributed by atoms with Crippen LogP contribution in [0.25, 0.3) is 11.3 Å². The van der Waals surface area contributed by atoms with Gasteiger partial charge >= 0.3 is 6.09 Å². The molecule has 184 valence electrons. The standard InChI is InChI=1S/C26H30FN5O3/c1-25(2,3)35-24(33)31-9-7-26(16-31)8-10-32-22(26)13-20(30-32)18-12-21(23(28)29-14-18)34-15-17-5-4-6-19(27)11-17/h4-6,11-14H,7-10,15-16H2,1-3H3,(H2,28,29). The van der Waals surface area contributed by atoms with Gasteiger partial charge in [0, 0.05) is 42.5 Å². The molecule has 0 aliphatic carbocycles. The number of ether oxygens (including phenoxy) is 2. The van der Waals surface area contributed by atoms with Gasteiger partial charge in [-0.15, -0.1) is 0 Å². The summed E-state index contributed by atoms with van der Waals surface area (Å²) in [6, 6.07) is 10.1. The fraction of sp³-hybridized carbons (Fsp3) is 0.423. The second kappa shape index (κ2) is 8.55. The zero-order valence-electron chi connectivity index (χ0n) is 20.3. The third-order valence-corrected chi connectivity index (χ3v) is 6.59. The van der Waals surface area contributed by atoms with Gasteiger partial charge in [-0.1, -0.05) is 12.1 Å². The van der Waals surface area contributed by atoms with Gasteiger partial charge in [0.05, 0.1) is 5.69 Å². The Morgan fingerprint density at radius 2 is 2.00 bits per heavy atom. The molecule has 9 heteroatoms. The fourth-order valence-electron chi connectivity index (χ4n) is 4.87. The third-order valence-electron chi connectivity index (χ3n) is 6.59. The number of rotatable bonds is 4. The van der Waals surface area contributed by atoms with Gasteiger partial charge < -0.3 is 20.1 Å². The monoisotopic (exact) mass is 479 g/mol. The average Bonchev–Trinajstić information content (AvgIpc) is 3.49. The van der Waals surface area contributed by atoms with Crippen molar-refractivity contribution in [2.24, 2.45) is 0 Å². The summed E-state index contributed by atoms with van der Waals surface area (Å²) in [6.07, 6.45) is 3.22. The Morgan fingerprint density at radius 1 is 1.20 bits per heavy atom. The van der Waals surface area contributed by atoms with Gasteiger partial charge in [0.25, 0.3) is 0 Å². The van der Waals surface area contributed by atoms with Crippen LogP contribution >= 0.6 is 0 Å². The molecular weight excluding hydrogens is 449 g/mol. The van der Waals surface area contributed by atoms with E-state index >= 15 is 0 Å². The molecule has 0 saturated carbocycles. The SMILES string of the molecule is CC(C)(C)OC(=O)N1CCC2(CCn3nc(-c4cnc(N)c(OCc5cccc(F)c5)c4)cc32)C1. The molecular formula is C26H30FN5O3. The van der Waals surface area contributed by atoms with Crippen molar-refractivity contribution >= 4 is 11.9 Å². The smallest absolute Gasteiger partial charge is 0.410 e. The largest absolute Gasteiger partial charge is 0.485 e. The van der Waals surface area contributed by atoms with Crippen molar-refractivity contribution in [2.75, 3.05) is 18.8 Å². The molecule has 1 atom stereocenters. The highest BCUT2D eigenvalue weighted by molar-refractivity contribution is 5.69. The Balaban J connectivity index is 1.34. The van der Waals surface area contributed by atoms with Crippen molar-refractivity contribution in [3.05, 3.63) is 59.7 Å². The van der Waals surface area contributed by atoms with E-state index in [9.17, 15) is 9.18 Å². The van der Waals surface area contributed by atoms with Gasteiger partial charge in [0.15, 0.2) is 11.6 Å². The molecule has 1 spiro atoms. The maximum Gasteiger partial charge on any atom is 0.410 e. The quantitative estimate of drug-likeness (QED) is 0.591. The number of carbonyl (C=O) groups is 1. The number of fused-ring (bicyclic) bond motifs is 2. The summed E-state index contributed by atoms with van der Waals surface area (Å²) in [4.78, 5) is 18.7. The average molecular weight is 480 g/mol. The number of nitrogens with two attached hydrogens (primary N) is 1. The van der Waals surface area contributed by atoms with Gasteiger partial charge in [-0.2, -0.15) is 5.10 Å². The topological polar surface area (TPSA) is 95.5 Å². The molecule has 2 aliphatic rings. The molecule has 1 unspecified atom stereocenters. The summed E-state index contributed by atoms with van der Waals surface area (Å²) in [5.41, 5.74) is 8.77. The minimum absolute atomic E-state index is 0.125. The molecule has 4 heterocycles. The van der Waals surface area contributed by atoms with Crippen molar-refractivity contribution in [2.45, 2.75) is 57.8 Å². The van der Waals surface area contributed by atoms with E-state index in [0.29, 0.717) is 24.4 Å². The number of aromatic nitrogens is 3. The van der Waals surface area contributed by atoms with Crippen molar-refractivity contribution in [3.8, 4) is 17.0 Å². The molecule has 1 saturated heterocycles. The Kier molecular flexibility index (Phi) is 5.65. The first-order valence-corrected chi connectivity index (χ1v) is 11.8. The Bertz CT molecular complexity index is 1270. The van der Waals surface area contributed by atoms with Crippen molar-refractivity contribution in [1.29, 1.82) is 0 Å². The van der Waals surface area contributed by atoms with Crippen LogP contribution in [0.4, 0.5) is 15.0 Å². The van der Waals surface area contributed by atoms with Gasteiger partial charge in [-0.25, -0.2) is 14.2 Å². The molecule has 1 fully saturated rings. The first kappa shape index (κ1) is 23.1. The molecule has 2 aliphatic heterocycles. The van der Waals surface area contributed by atoms with E-state index in [1.165, 1.54) is 12.1 Å². The van der Waals surface area contributed by atoms with E-state index in [1.54, 1.807) is 23.2 Å². The number of nitrogens with zero attached hydrogens (tertiary/aromatic N) is 4. The number of hydrogen-bond donors (Lipinski definition) is 1. The lowest BCUT2D eigenvalue weighted by Crippen LogP contribution is -2.37. The van der Waals surface area contributed by atoms with E-state index in [4.69, 9.17) is 20.3 Å². The molecule has 1 aromatic carbocycles. The summed E-state index contributed by atoms with van der Waals surface area (Å²) < 4.78 is 26.9. The number of likely N-dealkylation sites (tertiary alicyclic amines) is 1. The second-order valence-electron chi connectivity index (χ2n) is 10.3. The maximum absolute atomic E-state index is 13.5. The van der Waals surface area contributed by atoms with Crippen molar-refractivity contribution in [3.63, 3.8) is 0 Å². The minimum atomic E-state index is -0.520. The molecule has 5 rings (SSSR count). The van der Waals surface area contributed by atoms with Crippen LogP contribution < -0.4 is 10.5 Å². The lowest BCUT2D eigenvalue weighted by atomic mass is 9.82. The maximum atomic E-state index is 13.5. The van der Waals surface area contributed by atoms with E-state index in [0.717, 1.165) is 36.3 Å². The van der Waals surface area contributed by atoms with Gasteiger partial charge in [-0.3, -0.25) is 4.68 Å². The normalized spacial score (nSPS) is 19.3. The van der Waals surface area contributed by atoms with Crippen LogP contribution in [0.3, 0.4) is 0 Å². The zero-order valence-corrected chi connectivity index (χ0v) is 20.3. The summed E-state index contributed by atoms with van der Waals surface area (Å²) in [5, 5.41) is 4.81. The predicted molar refractivity (Wildman–Crippen MR) is 129 cm³/mol. The Morgan fingerprint density at radius 3 is 2.77 bits per heavy atom. The van der Waals surface area contributed by atoms with E-state index < -0.39 is 5.60 Å². The van der Waals surface area contributed by atoms with Crippen LogP contribution in [0, 0.1) is 5.82 Å². The number of pyridine rings is 1. The number of anilines is 1. The Hall–Kier alpha value is -3.62. The van der Waals surface area contributed by atoms with E-state index in [1.807, 2.05) is 31.5 Å². The van der Waals surface area contributed by atoms with Crippen LogP contribution in [0.1, 0.15) is 44.9 Å². The highest BCUT2D eigenvalue weighted by Gasteiger charge is 2.47. The predicted octanol–water partition coefficient (Wildman–Crippen LogP) is 4.53. The van der Waals surface area contributed by atoms with E-state index in [2.05, 4.69) is 11.1 Å². The van der Waals surface area contributed by atoms with Crippen LogP contribution in [-0.2, 0) is 23.3 Å². The Labute approximate surface area is 203 Å². The van der Waals surface area contributed by atoms with Crippen molar-refractivity contribution in [1.82, 2.24) is 19.7 Å². The first-order chi connectivity index (χ1) is 16.6. The highest BCUT2D eigenvalue weighted by Crippen LogP contribution is 2.44. The molecule has 0 radical (unpaired) electrons.